The summed E-state index contributed by atoms with van der Waals surface area (Å²) >= 11 is 3.35. The lowest BCUT2D eigenvalue weighted by molar-refractivity contribution is 0.0585. The SMILES string of the molecule is C.CN[C@@H]1CCCC[C@H]1NC.COC(=O)c1ccn(-c2ccccc2CC#N)n1.COC(=O)c1ccn[nH]1.N#CCc1ccccc1-n1ccc(C(=O)O)n1.N#CCc1ccccc1Br. The van der Waals surface area contributed by atoms with Crippen molar-refractivity contribution < 1.29 is 29.0 Å². The Morgan fingerprint density at radius 2 is 1.15 bits per heavy atom. The van der Waals surface area contributed by atoms with Crippen LogP contribution in [0.5, 0.6) is 0 Å². The number of halogens is 1. The first-order valence-corrected chi connectivity index (χ1v) is 20.7. The monoisotopic (exact) mass is 947 g/mol. The average molecular weight is 949 g/mol. The molecule has 1 aliphatic carbocycles. The van der Waals surface area contributed by atoms with Crippen LogP contribution in [0, 0.1) is 34.0 Å². The van der Waals surface area contributed by atoms with Crippen molar-refractivity contribution in [1.82, 2.24) is 40.4 Å². The minimum Gasteiger partial charge on any atom is -0.476 e. The lowest BCUT2D eigenvalue weighted by Crippen LogP contribution is -2.47. The third-order valence-corrected chi connectivity index (χ3v) is 10.2. The minimum atomic E-state index is -1.07. The number of nitrogens with one attached hydrogen (secondary N) is 3. The largest absolute Gasteiger partial charge is 0.476 e. The van der Waals surface area contributed by atoms with Crippen molar-refractivity contribution in [3.8, 4) is 29.6 Å². The molecule has 3 aromatic heterocycles. The molecule has 65 heavy (non-hydrogen) atoms. The van der Waals surface area contributed by atoms with E-state index in [1.165, 1.54) is 56.8 Å². The maximum absolute atomic E-state index is 11.3. The summed E-state index contributed by atoms with van der Waals surface area (Å²) in [6, 6.07) is 34.7. The van der Waals surface area contributed by atoms with Crippen molar-refractivity contribution in [3.05, 3.63) is 148 Å². The van der Waals surface area contributed by atoms with Gasteiger partial charge in [-0.1, -0.05) is 90.8 Å². The van der Waals surface area contributed by atoms with Gasteiger partial charge in [0.05, 0.1) is 63.1 Å². The van der Waals surface area contributed by atoms with Gasteiger partial charge in [0, 0.05) is 35.1 Å². The second-order valence-corrected chi connectivity index (χ2v) is 14.3. The number of rotatable bonds is 10. The van der Waals surface area contributed by atoms with Gasteiger partial charge in [0.15, 0.2) is 11.4 Å². The molecule has 3 aromatic carbocycles. The molecular weight excluding hydrogens is 894 g/mol. The molecule has 6 aromatic rings. The first-order chi connectivity index (χ1) is 31.0. The second-order valence-electron chi connectivity index (χ2n) is 13.5. The van der Waals surface area contributed by atoms with Crippen molar-refractivity contribution in [2.45, 2.75) is 64.5 Å². The molecule has 7 rings (SSSR count). The Bertz CT molecular complexity index is 2490. The minimum absolute atomic E-state index is 0. The van der Waals surface area contributed by atoms with Crippen LogP contribution in [0.2, 0.25) is 0 Å². The number of carbonyl (C=O) groups excluding carboxylic acids is 2. The molecule has 0 amide bonds. The van der Waals surface area contributed by atoms with Crippen molar-refractivity contribution >= 4 is 33.8 Å². The number of carboxylic acid groups (broad SMARTS) is 1. The van der Waals surface area contributed by atoms with E-state index < -0.39 is 17.9 Å². The van der Waals surface area contributed by atoms with E-state index in [1.54, 1.807) is 35.3 Å². The van der Waals surface area contributed by atoms with Gasteiger partial charge in [0.25, 0.3) is 0 Å². The molecule has 1 saturated carbocycles. The highest BCUT2D eigenvalue weighted by Gasteiger charge is 2.21. The van der Waals surface area contributed by atoms with Gasteiger partial charge < -0.3 is 25.2 Å². The molecule has 340 valence electrons. The van der Waals surface area contributed by atoms with Gasteiger partial charge in [0.1, 0.15) is 5.69 Å². The van der Waals surface area contributed by atoms with Crippen LogP contribution in [-0.4, -0.2) is 93.2 Å². The number of aromatic amines is 1. The molecule has 0 saturated heterocycles. The van der Waals surface area contributed by atoms with Crippen LogP contribution in [0.3, 0.4) is 0 Å². The normalized spacial score (nSPS) is 13.1. The molecule has 0 bridgehead atoms. The number of nitriles is 3. The number of methoxy groups -OCH3 is 2. The highest BCUT2D eigenvalue weighted by Crippen LogP contribution is 2.19. The van der Waals surface area contributed by atoms with Gasteiger partial charge in [-0.05, 0) is 80.0 Å². The molecule has 17 nitrogen and oxygen atoms in total. The summed E-state index contributed by atoms with van der Waals surface area (Å²) in [5, 5.41) is 55.4. The first kappa shape index (κ1) is 53.7. The second kappa shape index (κ2) is 29.8. The summed E-state index contributed by atoms with van der Waals surface area (Å²) in [6.07, 6.45) is 11.2. The number of hydrogen-bond donors (Lipinski definition) is 4. The van der Waals surface area contributed by atoms with Crippen LogP contribution in [0.1, 0.15) is 81.3 Å². The zero-order chi connectivity index (χ0) is 46.7. The zero-order valence-corrected chi connectivity index (χ0v) is 37.5. The quantitative estimate of drug-likeness (QED) is 0.0975. The number of hydrogen-bond acceptors (Lipinski definition) is 13. The van der Waals surface area contributed by atoms with E-state index >= 15 is 0 Å². The Hall–Kier alpha value is -7.43. The smallest absolute Gasteiger partial charge is 0.358 e. The van der Waals surface area contributed by atoms with Crippen LogP contribution >= 0.6 is 15.9 Å². The van der Waals surface area contributed by atoms with E-state index in [4.69, 9.17) is 20.9 Å². The lowest BCUT2D eigenvalue weighted by Gasteiger charge is -2.30. The third kappa shape index (κ3) is 17.3. The number of ether oxygens (including phenoxy) is 2. The van der Waals surface area contributed by atoms with E-state index in [0.717, 1.165) is 32.5 Å². The molecule has 0 aliphatic heterocycles. The van der Waals surface area contributed by atoms with E-state index in [1.807, 2.05) is 66.7 Å². The van der Waals surface area contributed by atoms with Gasteiger partial charge in [-0.25, -0.2) is 23.7 Å². The summed E-state index contributed by atoms with van der Waals surface area (Å²) in [5.74, 6) is -1.94. The highest BCUT2D eigenvalue weighted by atomic mass is 79.9. The highest BCUT2D eigenvalue weighted by molar-refractivity contribution is 9.10. The van der Waals surface area contributed by atoms with Crippen LogP contribution in [0.25, 0.3) is 11.4 Å². The number of aromatic nitrogens is 6. The zero-order valence-electron chi connectivity index (χ0n) is 35.9. The Labute approximate surface area is 387 Å². The molecule has 0 spiro atoms. The summed E-state index contributed by atoms with van der Waals surface area (Å²) in [5.41, 5.74) is 4.83. The fourth-order valence-corrected chi connectivity index (χ4v) is 6.64. The van der Waals surface area contributed by atoms with Gasteiger partial charge in [-0.3, -0.25) is 5.10 Å². The van der Waals surface area contributed by atoms with E-state index in [2.05, 4.69) is 88.7 Å². The predicted molar refractivity (Wildman–Crippen MR) is 248 cm³/mol. The van der Waals surface area contributed by atoms with E-state index in [-0.39, 0.29) is 25.2 Å². The van der Waals surface area contributed by atoms with E-state index in [0.29, 0.717) is 30.6 Å². The Morgan fingerprint density at radius 1 is 0.708 bits per heavy atom. The predicted octanol–water partition coefficient (Wildman–Crippen LogP) is 7.45. The molecule has 0 unspecified atom stereocenters. The Kier molecular flexibility index (Phi) is 24.6. The van der Waals surface area contributed by atoms with Crippen LogP contribution in [-0.2, 0) is 28.7 Å². The van der Waals surface area contributed by atoms with Crippen molar-refractivity contribution in [1.29, 1.82) is 15.8 Å². The molecular formula is C47H54BrN11O6. The third-order valence-electron chi connectivity index (χ3n) is 9.45. The number of benzene rings is 3. The standard InChI is InChI=1S/C13H11N3O2.C12H9N3O2.C8H6BrN.C8H18N2.C5H6N2O2.CH4/c1-18-13(17)11-7-9-16(15-11)12-5-3-2-4-10(12)6-8-14;13-7-5-9-3-1-2-4-11(9)15-8-6-10(14-15)12(16)17;9-8-4-2-1-3-7(8)5-6-10;1-9-7-5-3-4-6-8(7)10-2;1-9-5(8)4-2-3-6-7-4;/h2-5,7,9H,6H2,1H3;1-4,6,8H,5H2,(H,16,17);1-4H,5H2;7-10H,3-6H2,1-2H3;2-3H,1H3,(H,6,7);1H4/t;;;7-,8-;;/m...1../s1. The van der Waals surface area contributed by atoms with Gasteiger partial charge in [-0.2, -0.15) is 31.1 Å². The van der Waals surface area contributed by atoms with Gasteiger partial charge >= 0.3 is 17.9 Å². The molecule has 4 N–H and O–H groups in total. The Morgan fingerprint density at radius 3 is 1.57 bits per heavy atom. The number of esters is 2. The van der Waals surface area contributed by atoms with E-state index in [9.17, 15) is 14.4 Å². The fraction of sp³-hybridized carbons (Fsp3) is 0.298. The van der Waals surface area contributed by atoms with Crippen LogP contribution in [0.4, 0.5) is 0 Å². The Balaban J connectivity index is 0.000000287. The lowest BCUT2D eigenvalue weighted by atomic mass is 9.91. The van der Waals surface area contributed by atoms with Crippen molar-refractivity contribution in [3.63, 3.8) is 0 Å². The molecule has 2 atom stereocenters. The van der Waals surface area contributed by atoms with Crippen molar-refractivity contribution in [2.75, 3.05) is 28.3 Å². The summed E-state index contributed by atoms with van der Waals surface area (Å²) < 4.78 is 13.0. The number of nitrogens with zero attached hydrogens (tertiary/aromatic N) is 8. The number of para-hydroxylation sites is 2. The molecule has 18 heteroatoms. The van der Waals surface area contributed by atoms with Crippen LogP contribution < -0.4 is 10.6 Å². The number of likely N-dealkylation sites (N-methyl/N-ethyl adjacent to an activating group) is 2. The molecule has 1 aliphatic rings. The fourth-order valence-electron chi connectivity index (χ4n) is 6.21. The molecule has 3 heterocycles. The number of carboxylic acids is 1. The molecule has 1 fully saturated rings. The van der Waals surface area contributed by atoms with Gasteiger partial charge in [-0.15, -0.1) is 0 Å². The summed E-state index contributed by atoms with van der Waals surface area (Å²) in [6.45, 7) is 0. The summed E-state index contributed by atoms with van der Waals surface area (Å²) in [4.78, 5) is 32.6. The average Bonchev–Trinajstić information content (AvgIpc) is 4.15. The topological polar surface area (TPSA) is 250 Å². The molecule has 0 radical (unpaired) electrons. The van der Waals surface area contributed by atoms with Gasteiger partial charge in [0.2, 0.25) is 0 Å². The first-order valence-electron chi connectivity index (χ1n) is 19.9. The number of carbonyl (C=O) groups is 3. The summed E-state index contributed by atoms with van der Waals surface area (Å²) in [7, 11) is 6.74. The van der Waals surface area contributed by atoms with Crippen molar-refractivity contribution in [2.24, 2.45) is 0 Å². The number of H-pyrrole nitrogens is 1. The maximum Gasteiger partial charge on any atom is 0.358 e. The maximum atomic E-state index is 11.3. The number of aromatic carboxylic acids is 1. The van der Waals surface area contributed by atoms with Crippen LogP contribution in [0.15, 0.2) is 114 Å².